The molecule has 2 aliphatic rings. The number of nitrogens with zero attached hydrogens (tertiary/aromatic N) is 2. The minimum atomic E-state index is -0.0937. The molecule has 2 bridgehead atoms. The van der Waals surface area contributed by atoms with Gasteiger partial charge in [-0.15, -0.1) is 0 Å². The van der Waals surface area contributed by atoms with E-state index in [9.17, 15) is 4.79 Å². The summed E-state index contributed by atoms with van der Waals surface area (Å²) in [5.41, 5.74) is 2.31. The Morgan fingerprint density at radius 1 is 1.50 bits per heavy atom. The van der Waals surface area contributed by atoms with Gasteiger partial charge in [-0.2, -0.15) is 0 Å². The highest BCUT2D eigenvalue weighted by Crippen LogP contribution is 2.27. The first-order chi connectivity index (χ1) is 10.7. The van der Waals surface area contributed by atoms with Crippen molar-refractivity contribution in [3.8, 4) is 0 Å². The van der Waals surface area contributed by atoms with Crippen molar-refractivity contribution in [2.24, 2.45) is 5.92 Å². The minimum absolute atomic E-state index is 0.0937. The molecule has 3 atom stereocenters. The third-order valence-electron chi connectivity index (χ3n) is 4.96. The molecule has 0 aromatic carbocycles. The van der Waals surface area contributed by atoms with E-state index in [0.717, 1.165) is 41.8 Å². The number of furan rings is 1. The highest BCUT2D eigenvalue weighted by atomic mass is 16.3. The maximum atomic E-state index is 12.4. The minimum Gasteiger partial charge on any atom is -0.464 e. The van der Waals surface area contributed by atoms with Crippen LogP contribution in [0.5, 0.6) is 0 Å². The summed E-state index contributed by atoms with van der Waals surface area (Å²) in [6, 6.07) is 2.00. The molecular formula is C17H21N3O2. The molecule has 2 fully saturated rings. The fourth-order valence-corrected chi connectivity index (χ4v) is 3.80. The highest BCUT2D eigenvalue weighted by molar-refractivity contribution is 5.95. The molecule has 1 amide bonds. The van der Waals surface area contributed by atoms with Gasteiger partial charge in [-0.1, -0.05) is 6.92 Å². The van der Waals surface area contributed by atoms with Crippen LogP contribution in [0.3, 0.4) is 0 Å². The van der Waals surface area contributed by atoms with Crippen molar-refractivity contribution in [2.75, 3.05) is 19.6 Å². The summed E-state index contributed by atoms with van der Waals surface area (Å²) in [6.45, 7) is 5.42. The van der Waals surface area contributed by atoms with Crippen LogP contribution in [0.4, 0.5) is 0 Å². The van der Waals surface area contributed by atoms with Crippen molar-refractivity contribution >= 4 is 16.9 Å². The lowest BCUT2D eigenvalue weighted by Gasteiger charge is -2.30. The largest absolute Gasteiger partial charge is 0.464 e. The second kappa shape index (κ2) is 5.39. The summed E-state index contributed by atoms with van der Waals surface area (Å²) in [5, 5.41) is 4.14. The van der Waals surface area contributed by atoms with Gasteiger partial charge in [-0.3, -0.25) is 9.78 Å². The maximum Gasteiger partial charge on any atom is 0.270 e. The van der Waals surface area contributed by atoms with Gasteiger partial charge in [0.2, 0.25) is 0 Å². The number of aromatic nitrogens is 1. The van der Waals surface area contributed by atoms with Crippen LogP contribution in [0.1, 0.15) is 35.8 Å². The summed E-state index contributed by atoms with van der Waals surface area (Å²) >= 11 is 0. The molecule has 0 saturated carbocycles. The lowest BCUT2D eigenvalue weighted by atomic mass is 9.97. The molecule has 0 spiro atoms. The van der Waals surface area contributed by atoms with Gasteiger partial charge in [-0.25, -0.2) is 0 Å². The van der Waals surface area contributed by atoms with Crippen LogP contribution in [-0.2, 0) is 6.42 Å². The van der Waals surface area contributed by atoms with Crippen molar-refractivity contribution in [1.82, 2.24) is 15.2 Å². The predicted octanol–water partition coefficient (Wildman–Crippen LogP) is 2.21. The summed E-state index contributed by atoms with van der Waals surface area (Å²) in [6.07, 6.45) is 6.76. The van der Waals surface area contributed by atoms with Crippen LogP contribution >= 0.6 is 0 Å². The Labute approximate surface area is 129 Å². The van der Waals surface area contributed by atoms with Crippen LogP contribution in [0, 0.1) is 5.92 Å². The lowest BCUT2D eigenvalue weighted by Crippen LogP contribution is -2.47. The Morgan fingerprint density at radius 3 is 3.23 bits per heavy atom. The molecule has 2 saturated heterocycles. The van der Waals surface area contributed by atoms with E-state index in [4.69, 9.17) is 4.42 Å². The zero-order valence-corrected chi connectivity index (χ0v) is 12.8. The first-order valence-electron chi connectivity index (χ1n) is 8.12. The van der Waals surface area contributed by atoms with Gasteiger partial charge < -0.3 is 14.6 Å². The summed E-state index contributed by atoms with van der Waals surface area (Å²) in [7, 11) is 0. The van der Waals surface area contributed by atoms with E-state index in [0.29, 0.717) is 5.69 Å². The molecule has 0 radical (unpaired) electrons. The van der Waals surface area contributed by atoms with E-state index >= 15 is 0 Å². The Kier molecular flexibility index (Phi) is 3.37. The summed E-state index contributed by atoms with van der Waals surface area (Å²) in [4.78, 5) is 19.2. The van der Waals surface area contributed by atoms with Gasteiger partial charge in [0.05, 0.1) is 6.26 Å². The molecule has 1 unspecified atom stereocenters. The number of rotatable bonds is 3. The van der Waals surface area contributed by atoms with Gasteiger partial charge in [0.15, 0.2) is 0 Å². The molecule has 2 aromatic heterocycles. The molecular weight excluding hydrogens is 278 g/mol. The van der Waals surface area contributed by atoms with Crippen molar-refractivity contribution in [3.63, 3.8) is 0 Å². The SMILES string of the molecule is CCc1coc2cc(C(=O)N[C@@H]3C[C@@H]4CCN(C4)C3)ncc12. The van der Waals surface area contributed by atoms with Crippen LogP contribution in [0.15, 0.2) is 22.9 Å². The molecule has 2 aliphatic heterocycles. The predicted molar refractivity (Wildman–Crippen MR) is 83.8 cm³/mol. The monoisotopic (exact) mass is 299 g/mol. The third kappa shape index (κ3) is 2.39. The molecule has 0 aliphatic carbocycles. The number of hydrogen-bond donors (Lipinski definition) is 1. The lowest BCUT2D eigenvalue weighted by molar-refractivity contribution is 0.0904. The van der Waals surface area contributed by atoms with E-state index in [1.165, 1.54) is 19.5 Å². The maximum absolute atomic E-state index is 12.4. The number of piperidine rings is 1. The number of amides is 1. The Morgan fingerprint density at radius 2 is 2.41 bits per heavy atom. The van der Waals surface area contributed by atoms with Crippen LogP contribution in [0.2, 0.25) is 0 Å². The number of hydrogen-bond acceptors (Lipinski definition) is 4. The molecule has 116 valence electrons. The standard InChI is InChI=1S/C17H21N3O2/c1-2-12-10-22-16-6-15(18-7-14(12)16)17(21)19-13-5-11-3-4-20(8-11)9-13/h6-7,10-11,13H,2-5,8-9H2,1H3,(H,19,21)/t11-,13+/m0/s1. The number of aryl methyl sites for hydroxylation is 1. The average molecular weight is 299 g/mol. The van der Waals surface area contributed by atoms with Gasteiger partial charge >= 0.3 is 0 Å². The third-order valence-corrected chi connectivity index (χ3v) is 4.96. The Bertz CT molecular complexity index is 697. The summed E-state index contributed by atoms with van der Waals surface area (Å²) < 4.78 is 5.54. The Hall–Kier alpha value is -1.88. The van der Waals surface area contributed by atoms with Crippen LogP contribution in [0.25, 0.3) is 11.0 Å². The first-order valence-corrected chi connectivity index (χ1v) is 8.12. The summed E-state index contributed by atoms with van der Waals surface area (Å²) in [5.74, 6) is 0.649. The zero-order chi connectivity index (χ0) is 15.1. The average Bonchev–Trinajstić information content (AvgIpc) is 3.09. The molecule has 4 rings (SSSR count). The smallest absolute Gasteiger partial charge is 0.270 e. The quantitative estimate of drug-likeness (QED) is 0.944. The zero-order valence-electron chi connectivity index (χ0n) is 12.8. The first kappa shape index (κ1) is 13.8. The van der Waals surface area contributed by atoms with E-state index in [-0.39, 0.29) is 11.9 Å². The number of carbonyl (C=O) groups is 1. The molecule has 4 heterocycles. The number of nitrogens with one attached hydrogen (secondary N) is 1. The topological polar surface area (TPSA) is 58.4 Å². The van der Waals surface area contributed by atoms with Gasteiger partial charge in [-0.05, 0) is 37.3 Å². The van der Waals surface area contributed by atoms with E-state index in [1.54, 1.807) is 18.5 Å². The van der Waals surface area contributed by atoms with Gasteiger partial charge in [0, 0.05) is 36.8 Å². The highest BCUT2D eigenvalue weighted by Gasteiger charge is 2.33. The van der Waals surface area contributed by atoms with Crippen molar-refractivity contribution in [1.29, 1.82) is 0 Å². The van der Waals surface area contributed by atoms with Crippen molar-refractivity contribution in [2.45, 2.75) is 32.2 Å². The second-order valence-corrected chi connectivity index (χ2v) is 6.50. The van der Waals surface area contributed by atoms with Gasteiger partial charge in [0.25, 0.3) is 5.91 Å². The number of pyridine rings is 1. The fourth-order valence-electron chi connectivity index (χ4n) is 3.80. The number of fused-ring (bicyclic) bond motifs is 3. The number of carbonyl (C=O) groups excluding carboxylic acids is 1. The fraction of sp³-hybridized carbons (Fsp3) is 0.529. The Balaban J connectivity index is 1.50. The van der Waals surface area contributed by atoms with Crippen LogP contribution in [-0.4, -0.2) is 41.5 Å². The normalized spacial score (nSPS) is 27.2. The van der Waals surface area contributed by atoms with E-state index in [1.807, 2.05) is 0 Å². The molecule has 2 aromatic rings. The van der Waals surface area contributed by atoms with E-state index in [2.05, 4.69) is 22.1 Å². The van der Waals surface area contributed by atoms with Gasteiger partial charge in [0.1, 0.15) is 11.3 Å². The second-order valence-electron chi connectivity index (χ2n) is 6.50. The van der Waals surface area contributed by atoms with E-state index < -0.39 is 0 Å². The molecule has 1 N–H and O–H groups in total. The molecule has 22 heavy (non-hydrogen) atoms. The van der Waals surface area contributed by atoms with Crippen LogP contribution < -0.4 is 5.32 Å². The molecule has 5 nitrogen and oxygen atoms in total. The molecule has 5 heteroatoms. The van der Waals surface area contributed by atoms with Crippen molar-refractivity contribution in [3.05, 3.63) is 29.8 Å². The van der Waals surface area contributed by atoms with Crippen molar-refractivity contribution < 1.29 is 9.21 Å².